The summed E-state index contributed by atoms with van der Waals surface area (Å²) in [5.74, 6) is 0.975. The number of hydrogen-bond donors (Lipinski definition) is 2. The first kappa shape index (κ1) is 21.0. The molecule has 1 fully saturated rings. The van der Waals surface area contributed by atoms with Gasteiger partial charge in [0.15, 0.2) is 0 Å². The number of ether oxygens (including phenoxy) is 2. The highest BCUT2D eigenvalue weighted by Crippen LogP contribution is 2.35. The summed E-state index contributed by atoms with van der Waals surface area (Å²) < 4.78 is 13.3. The molecule has 10 nitrogen and oxygen atoms in total. The largest absolute Gasteiger partial charge is 0.485 e. The van der Waals surface area contributed by atoms with E-state index in [1.165, 1.54) is 17.8 Å². The first-order valence-electron chi connectivity index (χ1n) is 11.0. The van der Waals surface area contributed by atoms with Crippen molar-refractivity contribution in [3.63, 3.8) is 0 Å². The number of fused-ring (bicyclic) bond motifs is 1. The van der Waals surface area contributed by atoms with Gasteiger partial charge in [0, 0.05) is 42.0 Å². The number of benzene rings is 1. The lowest BCUT2D eigenvalue weighted by molar-refractivity contribution is -0.113. The summed E-state index contributed by atoms with van der Waals surface area (Å²) in [6, 6.07) is 10.6. The molecule has 1 unspecified atom stereocenters. The number of pyridine rings is 2. The molecule has 6 rings (SSSR count). The minimum atomic E-state index is -0.421. The van der Waals surface area contributed by atoms with Crippen LogP contribution in [0.2, 0.25) is 0 Å². The van der Waals surface area contributed by atoms with E-state index >= 15 is 0 Å². The third-order valence-corrected chi connectivity index (χ3v) is 7.11. The van der Waals surface area contributed by atoms with Gasteiger partial charge < -0.3 is 20.1 Å². The third-order valence-electron chi connectivity index (χ3n) is 6.04. The van der Waals surface area contributed by atoms with Crippen LogP contribution in [0, 0.1) is 0 Å². The highest BCUT2D eigenvalue weighted by Gasteiger charge is 2.33. The quantitative estimate of drug-likeness (QED) is 0.570. The van der Waals surface area contributed by atoms with Crippen LogP contribution < -0.4 is 25.8 Å². The zero-order valence-electron chi connectivity index (χ0n) is 18.0. The molecule has 0 aliphatic carbocycles. The molecule has 0 saturated carbocycles. The summed E-state index contributed by atoms with van der Waals surface area (Å²) in [4.78, 5) is 43.4. The Morgan fingerprint density at radius 1 is 1.06 bits per heavy atom. The standard InChI is InChI=1S/C23H21N5O5S/c29-20-12-34-19-3-1-13(7-17(19)26-20)27-10-15(33-23(27)31)9-24-8-14-11-28-21(30)4-2-16-22(28)18(32-14)5-6-25-16/h1-7,14-15,24H,8-12H2,(H,26,29)/t14?,15-/m1/s1. The van der Waals surface area contributed by atoms with Crippen molar-refractivity contribution in [2.75, 3.05) is 35.6 Å². The zero-order valence-corrected chi connectivity index (χ0v) is 18.8. The Balaban J connectivity index is 1.08. The Kier molecular flexibility index (Phi) is 5.15. The van der Waals surface area contributed by atoms with Crippen LogP contribution in [0.1, 0.15) is 0 Å². The van der Waals surface area contributed by atoms with Crippen molar-refractivity contribution in [3.8, 4) is 5.75 Å². The number of carbonyl (C=O) groups excluding carboxylic acids is 2. The summed E-state index contributed by atoms with van der Waals surface area (Å²) >= 11 is 1.48. The van der Waals surface area contributed by atoms with E-state index in [1.807, 2.05) is 12.1 Å². The molecule has 2 aromatic heterocycles. The van der Waals surface area contributed by atoms with Crippen LogP contribution in [0.4, 0.5) is 16.2 Å². The highest BCUT2D eigenvalue weighted by molar-refractivity contribution is 8.00. The predicted molar refractivity (Wildman–Crippen MR) is 127 cm³/mol. The molecule has 11 heteroatoms. The topological polar surface area (TPSA) is 115 Å². The molecule has 3 aliphatic rings. The first-order chi connectivity index (χ1) is 16.5. The van der Waals surface area contributed by atoms with Gasteiger partial charge in [-0.3, -0.25) is 24.0 Å². The van der Waals surface area contributed by atoms with E-state index in [-0.39, 0.29) is 23.7 Å². The van der Waals surface area contributed by atoms with Gasteiger partial charge in [-0.15, -0.1) is 11.8 Å². The number of nitrogens with one attached hydrogen (secondary N) is 2. The van der Waals surface area contributed by atoms with Gasteiger partial charge in [0.25, 0.3) is 5.56 Å². The lowest BCUT2D eigenvalue weighted by Gasteiger charge is -2.27. The Hall–Kier alpha value is -3.57. The third kappa shape index (κ3) is 3.76. The van der Waals surface area contributed by atoms with Crippen molar-refractivity contribution in [2.24, 2.45) is 0 Å². The van der Waals surface area contributed by atoms with Crippen LogP contribution in [0.5, 0.6) is 5.75 Å². The van der Waals surface area contributed by atoms with Crippen LogP contribution >= 0.6 is 11.8 Å². The maximum atomic E-state index is 12.5. The normalized spacial score (nSPS) is 21.1. The molecule has 0 radical (unpaired) electrons. The summed E-state index contributed by atoms with van der Waals surface area (Å²) in [5, 5.41) is 6.15. The average molecular weight is 480 g/mol. The van der Waals surface area contributed by atoms with E-state index in [1.54, 1.807) is 33.9 Å². The Morgan fingerprint density at radius 2 is 1.91 bits per heavy atom. The SMILES string of the molecule is O=C1CSc2ccc(N3C[C@@H](CNCC4Cn5c(=O)ccc6nccc(c65)O4)OC3=O)cc2N1. The van der Waals surface area contributed by atoms with E-state index in [0.717, 1.165) is 10.4 Å². The molecule has 0 bridgehead atoms. The first-order valence-corrected chi connectivity index (χ1v) is 11.9. The molecule has 5 heterocycles. The minimum absolute atomic E-state index is 0.0527. The molecule has 2 N–H and O–H groups in total. The van der Waals surface area contributed by atoms with Crippen LogP contribution in [-0.2, 0) is 16.1 Å². The maximum absolute atomic E-state index is 12.5. The average Bonchev–Trinajstić information content (AvgIpc) is 3.21. The number of carbonyl (C=O) groups is 2. The van der Waals surface area contributed by atoms with Gasteiger partial charge in [0.2, 0.25) is 5.91 Å². The number of nitrogens with zero attached hydrogens (tertiary/aromatic N) is 3. The summed E-state index contributed by atoms with van der Waals surface area (Å²) in [5.41, 5.74) is 2.74. The van der Waals surface area contributed by atoms with Crippen LogP contribution in [0.3, 0.4) is 0 Å². The number of hydrogen-bond acceptors (Lipinski definition) is 8. The van der Waals surface area contributed by atoms with Crippen LogP contribution in [0.15, 0.2) is 52.3 Å². The predicted octanol–water partition coefficient (Wildman–Crippen LogP) is 1.82. The fourth-order valence-corrected chi connectivity index (χ4v) is 5.27. The van der Waals surface area contributed by atoms with Gasteiger partial charge >= 0.3 is 6.09 Å². The van der Waals surface area contributed by atoms with Gasteiger partial charge in [-0.05, 0) is 24.3 Å². The Labute approximate surface area is 198 Å². The van der Waals surface area contributed by atoms with Crippen LogP contribution in [0.25, 0.3) is 11.0 Å². The second-order valence-corrected chi connectivity index (χ2v) is 9.37. The van der Waals surface area contributed by atoms with Gasteiger partial charge in [-0.1, -0.05) is 0 Å². The van der Waals surface area contributed by atoms with Gasteiger partial charge in [-0.2, -0.15) is 0 Å². The Morgan fingerprint density at radius 3 is 2.79 bits per heavy atom. The molecule has 2 atom stereocenters. The molecule has 3 aliphatic heterocycles. The van der Waals surface area contributed by atoms with E-state index in [0.29, 0.717) is 54.6 Å². The second kappa shape index (κ2) is 8.33. The summed E-state index contributed by atoms with van der Waals surface area (Å²) in [6.07, 6.45) is 0.668. The molecule has 3 aromatic rings. The number of aromatic nitrogens is 2. The number of cyclic esters (lactones) is 1. The maximum Gasteiger partial charge on any atom is 0.414 e. The molecular weight excluding hydrogens is 458 g/mol. The van der Waals surface area contributed by atoms with Gasteiger partial charge in [0.1, 0.15) is 23.5 Å². The number of amides is 2. The summed E-state index contributed by atoms with van der Waals surface area (Å²) in [6.45, 7) is 1.74. The Bertz CT molecular complexity index is 1380. The molecule has 1 saturated heterocycles. The molecule has 0 spiro atoms. The lowest BCUT2D eigenvalue weighted by Crippen LogP contribution is -2.42. The molecule has 174 valence electrons. The van der Waals surface area contributed by atoms with Crippen molar-refractivity contribution in [1.82, 2.24) is 14.9 Å². The van der Waals surface area contributed by atoms with Gasteiger partial charge in [-0.25, -0.2) is 4.79 Å². The van der Waals surface area contributed by atoms with Crippen molar-refractivity contribution in [2.45, 2.75) is 23.6 Å². The van der Waals surface area contributed by atoms with Crippen molar-refractivity contribution < 1.29 is 19.1 Å². The van der Waals surface area contributed by atoms with E-state index < -0.39 is 6.09 Å². The smallest absolute Gasteiger partial charge is 0.414 e. The fraction of sp³-hybridized carbons (Fsp3) is 0.304. The number of rotatable bonds is 5. The van der Waals surface area contributed by atoms with E-state index in [4.69, 9.17) is 9.47 Å². The lowest BCUT2D eigenvalue weighted by atomic mass is 10.2. The van der Waals surface area contributed by atoms with E-state index in [2.05, 4.69) is 15.6 Å². The monoisotopic (exact) mass is 479 g/mol. The van der Waals surface area contributed by atoms with Gasteiger partial charge in [0.05, 0.1) is 30.0 Å². The minimum Gasteiger partial charge on any atom is -0.485 e. The number of anilines is 2. The molecule has 2 amide bonds. The molecular formula is C23H21N5O5S. The van der Waals surface area contributed by atoms with Crippen molar-refractivity contribution >= 4 is 46.2 Å². The fourth-order valence-electron chi connectivity index (χ4n) is 4.48. The number of thioether (sulfide) groups is 1. The zero-order chi connectivity index (χ0) is 23.2. The van der Waals surface area contributed by atoms with Crippen molar-refractivity contribution in [3.05, 3.63) is 52.9 Å². The summed E-state index contributed by atoms with van der Waals surface area (Å²) in [7, 11) is 0. The van der Waals surface area contributed by atoms with Crippen molar-refractivity contribution in [1.29, 1.82) is 0 Å². The highest BCUT2D eigenvalue weighted by atomic mass is 32.2. The molecule has 34 heavy (non-hydrogen) atoms. The van der Waals surface area contributed by atoms with Crippen LogP contribution in [-0.4, -0.2) is 59.1 Å². The second-order valence-electron chi connectivity index (χ2n) is 8.36. The van der Waals surface area contributed by atoms with E-state index in [9.17, 15) is 14.4 Å². The molecule has 1 aromatic carbocycles.